The molecule has 0 rings (SSSR count). The molecule has 5 nitrogen and oxygen atoms in total. The predicted octanol–water partition coefficient (Wildman–Crippen LogP) is -2.02. The summed E-state index contributed by atoms with van der Waals surface area (Å²) in [5, 5.41) is 0. The van der Waals surface area contributed by atoms with Gasteiger partial charge in [-0.2, -0.15) is 8.42 Å². The molecule has 0 aliphatic rings. The van der Waals surface area contributed by atoms with Crippen molar-refractivity contribution in [3.05, 3.63) is 0 Å². The minimum absolute atomic E-state index is 0. The Kier molecular flexibility index (Phi) is 6.72. The van der Waals surface area contributed by atoms with Crippen LogP contribution in [0.2, 0.25) is 0 Å². The molecule has 0 bridgehead atoms. The molecule has 0 spiro atoms. The molecule has 0 heterocycles. The van der Waals surface area contributed by atoms with Crippen LogP contribution in [0.15, 0.2) is 0 Å². The summed E-state index contributed by atoms with van der Waals surface area (Å²) >= 11 is 0. The maximum absolute atomic E-state index is 9.70. The molecule has 0 saturated heterocycles. The van der Waals surface area contributed by atoms with Crippen molar-refractivity contribution in [3.8, 4) is 0 Å². The van der Waals surface area contributed by atoms with E-state index < -0.39 is 21.8 Å². The molecule has 0 aromatic rings. The van der Waals surface area contributed by atoms with E-state index in [-0.39, 0.29) is 51.4 Å². The maximum Gasteiger partial charge on any atom is 0.274 e. The second kappa shape index (κ2) is 4.77. The Morgan fingerprint density at radius 2 is 1.89 bits per heavy atom. The first-order valence-corrected chi connectivity index (χ1v) is 3.26. The number of amides is 1. The minimum atomic E-state index is -4.20. The van der Waals surface area contributed by atoms with E-state index in [9.17, 15) is 13.2 Å². The van der Waals surface area contributed by atoms with Crippen LogP contribution < -0.4 is 5.73 Å². The van der Waals surface area contributed by atoms with E-state index in [1.165, 1.54) is 0 Å². The summed E-state index contributed by atoms with van der Waals surface area (Å²) in [4.78, 5) is 9.70. The first-order chi connectivity index (χ1) is 3.42. The van der Waals surface area contributed by atoms with Crippen molar-refractivity contribution in [2.24, 2.45) is 5.73 Å². The molecule has 1 amide bonds. The van der Waals surface area contributed by atoms with Crippen LogP contribution in [0.5, 0.6) is 0 Å². The van der Waals surface area contributed by atoms with Gasteiger partial charge >= 0.3 is 0 Å². The summed E-state index contributed by atoms with van der Waals surface area (Å²) in [6.07, 6.45) is 0. The van der Waals surface area contributed by atoms with Crippen LogP contribution in [0.3, 0.4) is 0 Å². The van der Waals surface area contributed by atoms with Gasteiger partial charge in [0.25, 0.3) is 10.1 Å². The molecule has 0 aliphatic carbocycles. The topological polar surface area (TPSA) is 97.5 Å². The van der Waals surface area contributed by atoms with Gasteiger partial charge < -0.3 is 5.73 Å². The molecule has 1 radical (unpaired) electrons. The third kappa shape index (κ3) is 12.3. The molecule has 49 valence electrons. The number of nitrogens with two attached hydrogens (primary N) is 1. The molecule has 0 atom stereocenters. The van der Waals surface area contributed by atoms with Crippen molar-refractivity contribution in [2.75, 3.05) is 5.75 Å². The Balaban J connectivity index is 0. The summed E-state index contributed by atoms with van der Waals surface area (Å²) < 4.78 is 27.3. The molecule has 0 saturated carbocycles. The zero-order chi connectivity index (χ0) is 6.78. The van der Waals surface area contributed by atoms with Gasteiger partial charge in [0, 0.05) is 51.4 Å². The molecule has 0 aromatic carbocycles. The van der Waals surface area contributed by atoms with E-state index in [4.69, 9.17) is 4.55 Å². The van der Waals surface area contributed by atoms with Crippen LogP contribution in [0.1, 0.15) is 0 Å². The van der Waals surface area contributed by atoms with Gasteiger partial charge in [0.2, 0.25) is 5.91 Å². The van der Waals surface area contributed by atoms with Crippen LogP contribution in [-0.2, 0) is 14.9 Å². The van der Waals surface area contributed by atoms with Crippen LogP contribution in [0.4, 0.5) is 0 Å². The van der Waals surface area contributed by atoms with Crippen LogP contribution in [-0.4, -0.2) is 76.0 Å². The van der Waals surface area contributed by atoms with Gasteiger partial charge in [0.15, 0.2) is 5.75 Å². The van der Waals surface area contributed by atoms with Crippen LogP contribution in [0.25, 0.3) is 0 Å². The Bertz CT molecular complexity index is 185. The van der Waals surface area contributed by atoms with Crippen molar-refractivity contribution < 1.29 is 17.8 Å². The Morgan fingerprint density at radius 3 is 1.89 bits per heavy atom. The van der Waals surface area contributed by atoms with E-state index in [1.54, 1.807) is 0 Å². The van der Waals surface area contributed by atoms with Gasteiger partial charge in [-0.1, -0.05) is 0 Å². The largest absolute Gasteiger partial charge is 0.369 e. The average molecular weight is 178 g/mol. The summed E-state index contributed by atoms with van der Waals surface area (Å²) in [7, 11) is -4.20. The van der Waals surface area contributed by atoms with Gasteiger partial charge in [-0.05, 0) is 0 Å². The van der Waals surface area contributed by atoms with Crippen molar-refractivity contribution in [3.63, 3.8) is 0 Å². The minimum Gasteiger partial charge on any atom is -0.369 e. The standard InChI is InChI=1S/C2H5NO4S.K/c3-2(4)1-8(5,6)7;/h1H2,(H2,3,4)(H,5,6,7);. The monoisotopic (exact) mass is 178 g/mol. The number of primary amides is 1. The second-order valence-electron chi connectivity index (χ2n) is 1.19. The SMILES string of the molecule is NC(=O)CS(=O)(=O)O.[K]. The first-order valence-electron chi connectivity index (χ1n) is 1.65. The molecule has 3 N–H and O–H groups in total. The molecule has 7 heteroatoms. The van der Waals surface area contributed by atoms with Gasteiger partial charge in [0.05, 0.1) is 0 Å². The molecule has 0 unspecified atom stereocenters. The Hall–Kier alpha value is 1.02. The number of carbonyl (C=O) groups is 1. The fourth-order valence-corrected chi connectivity index (χ4v) is 0.539. The molecule has 0 aliphatic heterocycles. The smallest absolute Gasteiger partial charge is 0.274 e. The average Bonchev–Trinajstić information content (AvgIpc) is 1.21. The summed E-state index contributed by atoms with van der Waals surface area (Å²) in [5.41, 5.74) is 4.40. The maximum atomic E-state index is 9.70. The number of hydrogen-bond acceptors (Lipinski definition) is 3. The van der Waals surface area contributed by atoms with Crippen LogP contribution in [0, 0.1) is 0 Å². The Morgan fingerprint density at radius 1 is 1.56 bits per heavy atom. The van der Waals surface area contributed by atoms with Crippen molar-refractivity contribution in [1.82, 2.24) is 0 Å². The molecular formula is C2H5KNO4S. The van der Waals surface area contributed by atoms with Gasteiger partial charge in [-0.15, -0.1) is 0 Å². The normalized spacial score (nSPS) is 9.89. The zero-order valence-electron chi connectivity index (χ0n) is 4.86. The fourth-order valence-electron chi connectivity index (χ4n) is 0.180. The van der Waals surface area contributed by atoms with E-state index in [1.807, 2.05) is 0 Å². The first kappa shape index (κ1) is 12.7. The van der Waals surface area contributed by atoms with Crippen molar-refractivity contribution >= 4 is 67.4 Å². The fraction of sp³-hybridized carbons (Fsp3) is 0.500. The molecule has 9 heavy (non-hydrogen) atoms. The predicted molar refractivity (Wildman–Crippen MR) is 31.4 cm³/mol. The van der Waals surface area contributed by atoms with Crippen LogP contribution >= 0.6 is 0 Å². The van der Waals surface area contributed by atoms with E-state index in [0.29, 0.717) is 0 Å². The summed E-state index contributed by atoms with van der Waals surface area (Å²) in [6.45, 7) is 0. The van der Waals surface area contributed by atoms with E-state index >= 15 is 0 Å². The number of hydrogen-bond donors (Lipinski definition) is 2. The molecule has 0 aromatic heterocycles. The van der Waals surface area contributed by atoms with E-state index in [0.717, 1.165) is 0 Å². The third-order valence-electron chi connectivity index (χ3n) is 0.325. The zero-order valence-corrected chi connectivity index (χ0v) is 8.80. The van der Waals surface area contributed by atoms with Crippen molar-refractivity contribution in [1.29, 1.82) is 0 Å². The number of carbonyl (C=O) groups excluding carboxylic acids is 1. The molecular weight excluding hydrogens is 173 g/mol. The summed E-state index contributed by atoms with van der Waals surface area (Å²) in [6, 6.07) is 0. The second-order valence-corrected chi connectivity index (χ2v) is 2.65. The summed E-state index contributed by atoms with van der Waals surface area (Å²) in [5.74, 6) is -2.07. The quantitative estimate of drug-likeness (QED) is 0.376. The van der Waals surface area contributed by atoms with Gasteiger partial charge in [0.1, 0.15) is 0 Å². The van der Waals surface area contributed by atoms with E-state index in [2.05, 4.69) is 5.73 Å². The number of rotatable bonds is 2. The third-order valence-corrected chi connectivity index (χ3v) is 0.974. The van der Waals surface area contributed by atoms with Crippen molar-refractivity contribution in [2.45, 2.75) is 0 Å². The van der Waals surface area contributed by atoms with Gasteiger partial charge in [-0.25, -0.2) is 0 Å². The molecule has 0 fully saturated rings. The Labute approximate surface area is 95.2 Å². The van der Waals surface area contributed by atoms with Gasteiger partial charge in [-0.3, -0.25) is 9.35 Å².